The highest BCUT2D eigenvalue weighted by Crippen LogP contribution is 2.39. The number of hydrogen-bond acceptors (Lipinski definition) is 7. The van der Waals surface area contributed by atoms with E-state index in [0.717, 1.165) is 45.3 Å². The number of nitrogens with zero attached hydrogens (tertiary/aromatic N) is 4. The van der Waals surface area contributed by atoms with Crippen LogP contribution in [0.4, 0.5) is 5.69 Å². The zero-order chi connectivity index (χ0) is 26.6. The molecule has 2 aromatic heterocycles. The quantitative estimate of drug-likeness (QED) is 0.317. The van der Waals surface area contributed by atoms with E-state index in [0.29, 0.717) is 49.3 Å². The van der Waals surface area contributed by atoms with Gasteiger partial charge in [-0.05, 0) is 65.9 Å². The van der Waals surface area contributed by atoms with Gasteiger partial charge in [0.2, 0.25) is 0 Å². The SMILES string of the molecule is Cc1ccc2oc(C3CCN(c4c(C#N)c(=O)n(C)c5cc(OC6CCC(=O)C6)c(Br)cc45)CC3)nc2c1. The number of aromatic nitrogens is 2. The molecule has 1 saturated heterocycles. The number of ether oxygens (including phenoxy) is 1. The van der Waals surface area contributed by atoms with Gasteiger partial charge in [-0.15, -0.1) is 0 Å². The van der Waals surface area contributed by atoms with Gasteiger partial charge < -0.3 is 18.6 Å². The number of ketones is 1. The summed E-state index contributed by atoms with van der Waals surface area (Å²) in [6.45, 7) is 3.37. The Kier molecular flexibility index (Phi) is 6.23. The van der Waals surface area contributed by atoms with Crippen molar-refractivity contribution in [1.29, 1.82) is 5.26 Å². The number of oxazole rings is 1. The second-order valence-electron chi connectivity index (χ2n) is 10.3. The number of carbonyl (C=O) groups excluding carboxylic acids is 1. The number of anilines is 1. The van der Waals surface area contributed by atoms with Crippen molar-refractivity contribution in [2.75, 3.05) is 18.0 Å². The van der Waals surface area contributed by atoms with Crippen LogP contribution in [-0.4, -0.2) is 34.5 Å². The minimum absolute atomic E-state index is 0.137. The third-order valence-corrected chi connectivity index (χ3v) is 8.37. The van der Waals surface area contributed by atoms with Crippen LogP contribution >= 0.6 is 15.9 Å². The van der Waals surface area contributed by atoms with Crippen LogP contribution in [0.2, 0.25) is 0 Å². The van der Waals surface area contributed by atoms with E-state index in [4.69, 9.17) is 14.1 Å². The molecule has 0 bridgehead atoms. The molecule has 38 heavy (non-hydrogen) atoms. The van der Waals surface area contributed by atoms with Crippen LogP contribution in [-0.2, 0) is 11.8 Å². The predicted octanol–water partition coefficient (Wildman–Crippen LogP) is 5.51. The Labute approximate surface area is 227 Å². The van der Waals surface area contributed by atoms with Gasteiger partial charge in [-0.2, -0.15) is 5.26 Å². The second-order valence-corrected chi connectivity index (χ2v) is 11.2. The fraction of sp³-hybridized carbons (Fsp3) is 0.379. The molecule has 9 heteroatoms. The largest absolute Gasteiger partial charge is 0.489 e. The Morgan fingerprint density at radius 2 is 1.95 bits per heavy atom. The zero-order valence-corrected chi connectivity index (χ0v) is 22.9. The number of halogens is 1. The monoisotopic (exact) mass is 574 g/mol. The van der Waals surface area contributed by atoms with E-state index in [2.05, 4.69) is 26.9 Å². The number of Topliss-reactive ketones (excluding diaryl/α,β-unsaturated/α-hetero) is 1. The molecule has 2 fully saturated rings. The van der Waals surface area contributed by atoms with Crippen LogP contribution < -0.4 is 15.2 Å². The summed E-state index contributed by atoms with van der Waals surface area (Å²) in [5.74, 6) is 1.71. The molecule has 4 aromatic rings. The van der Waals surface area contributed by atoms with Crippen molar-refractivity contribution < 1.29 is 13.9 Å². The smallest absolute Gasteiger partial charge is 0.270 e. The van der Waals surface area contributed by atoms with E-state index < -0.39 is 0 Å². The Morgan fingerprint density at radius 1 is 1.16 bits per heavy atom. The van der Waals surface area contributed by atoms with Crippen molar-refractivity contribution >= 4 is 49.4 Å². The lowest BCUT2D eigenvalue weighted by molar-refractivity contribution is -0.117. The molecule has 1 aliphatic heterocycles. The van der Waals surface area contributed by atoms with Gasteiger partial charge in [-0.3, -0.25) is 9.59 Å². The van der Waals surface area contributed by atoms with Crippen molar-refractivity contribution in [2.45, 2.75) is 51.0 Å². The summed E-state index contributed by atoms with van der Waals surface area (Å²) >= 11 is 3.63. The number of fused-ring (bicyclic) bond motifs is 2. The van der Waals surface area contributed by atoms with Crippen LogP contribution in [0.15, 0.2) is 44.0 Å². The highest BCUT2D eigenvalue weighted by Gasteiger charge is 2.30. The molecule has 0 N–H and O–H groups in total. The molecule has 0 amide bonds. The van der Waals surface area contributed by atoms with E-state index in [1.807, 2.05) is 37.3 Å². The van der Waals surface area contributed by atoms with Gasteiger partial charge in [0, 0.05) is 50.3 Å². The Bertz CT molecular complexity index is 1690. The Hall–Kier alpha value is -3.64. The minimum atomic E-state index is -0.337. The first-order valence-corrected chi connectivity index (χ1v) is 13.7. The maximum absolute atomic E-state index is 13.3. The molecular formula is C29H27BrN4O4. The van der Waals surface area contributed by atoms with Gasteiger partial charge in [-0.25, -0.2) is 4.98 Å². The highest BCUT2D eigenvalue weighted by molar-refractivity contribution is 9.10. The van der Waals surface area contributed by atoms with Gasteiger partial charge in [0.1, 0.15) is 34.8 Å². The number of rotatable bonds is 4. The number of nitriles is 1. The molecule has 6 rings (SSSR count). The number of piperidine rings is 1. The molecule has 194 valence electrons. The van der Waals surface area contributed by atoms with Crippen molar-refractivity contribution in [3.63, 3.8) is 0 Å². The molecule has 1 unspecified atom stereocenters. The Balaban J connectivity index is 1.33. The van der Waals surface area contributed by atoms with E-state index in [1.165, 1.54) is 4.57 Å². The lowest BCUT2D eigenvalue weighted by atomic mass is 9.95. The standard InChI is InChI=1S/C29H27BrN4O4/c1-16-3-6-25-23(11-16)32-28(38-25)17-7-9-34(10-8-17)27-20-13-22(30)26(37-19-5-4-18(35)12-19)14-24(20)33(2)29(36)21(27)15-31/h3,6,11,13-14,17,19H,4-5,7-10,12H2,1-2H3. The first-order chi connectivity index (χ1) is 18.3. The number of carbonyl (C=O) groups is 1. The van der Waals surface area contributed by atoms with Crippen molar-refractivity contribution in [2.24, 2.45) is 7.05 Å². The third-order valence-electron chi connectivity index (χ3n) is 7.75. The summed E-state index contributed by atoms with van der Waals surface area (Å²) < 4.78 is 14.4. The van der Waals surface area contributed by atoms with Crippen molar-refractivity contribution in [1.82, 2.24) is 9.55 Å². The number of aryl methyl sites for hydroxylation is 2. The first-order valence-electron chi connectivity index (χ1n) is 12.9. The highest BCUT2D eigenvalue weighted by atomic mass is 79.9. The molecule has 0 spiro atoms. The molecule has 2 aromatic carbocycles. The normalized spacial score (nSPS) is 18.4. The van der Waals surface area contributed by atoms with E-state index in [9.17, 15) is 14.9 Å². The molecule has 0 radical (unpaired) electrons. The van der Waals surface area contributed by atoms with Gasteiger partial charge in [0.15, 0.2) is 11.5 Å². The van der Waals surface area contributed by atoms with Crippen LogP contribution in [0.5, 0.6) is 5.75 Å². The lowest BCUT2D eigenvalue weighted by Crippen LogP contribution is -2.36. The van der Waals surface area contributed by atoms with Gasteiger partial charge in [-0.1, -0.05) is 6.07 Å². The topological polar surface area (TPSA) is 101 Å². The van der Waals surface area contributed by atoms with Crippen molar-refractivity contribution in [3.8, 4) is 11.8 Å². The zero-order valence-electron chi connectivity index (χ0n) is 21.3. The third kappa shape index (κ3) is 4.27. The molecular weight excluding hydrogens is 548 g/mol. The lowest BCUT2D eigenvalue weighted by Gasteiger charge is -2.34. The predicted molar refractivity (Wildman–Crippen MR) is 148 cm³/mol. The Morgan fingerprint density at radius 3 is 2.66 bits per heavy atom. The average Bonchev–Trinajstić information content (AvgIpc) is 3.52. The number of hydrogen-bond donors (Lipinski definition) is 0. The fourth-order valence-electron chi connectivity index (χ4n) is 5.68. The van der Waals surface area contributed by atoms with E-state index >= 15 is 0 Å². The maximum atomic E-state index is 13.3. The maximum Gasteiger partial charge on any atom is 0.270 e. The molecule has 8 nitrogen and oxygen atoms in total. The summed E-state index contributed by atoms with van der Waals surface area (Å²) in [6, 6.07) is 11.9. The number of pyridine rings is 1. The van der Waals surface area contributed by atoms with Crippen LogP contribution in [0.25, 0.3) is 22.0 Å². The molecule has 1 atom stereocenters. The first kappa shape index (κ1) is 24.7. The summed E-state index contributed by atoms with van der Waals surface area (Å²) in [7, 11) is 1.67. The molecule has 3 heterocycles. The summed E-state index contributed by atoms with van der Waals surface area (Å²) in [5, 5.41) is 10.8. The summed E-state index contributed by atoms with van der Waals surface area (Å²) in [5.41, 5.74) is 3.95. The fourth-order valence-corrected chi connectivity index (χ4v) is 6.12. The van der Waals surface area contributed by atoms with E-state index in [-0.39, 0.29) is 28.9 Å². The molecule has 1 aliphatic carbocycles. The summed E-state index contributed by atoms with van der Waals surface area (Å²) in [4.78, 5) is 31.9. The molecule has 2 aliphatic rings. The molecule has 1 saturated carbocycles. The van der Waals surface area contributed by atoms with Crippen molar-refractivity contribution in [3.05, 3.63) is 62.2 Å². The minimum Gasteiger partial charge on any atom is -0.489 e. The van der Waals surface area contributed by atoms with Crippen LogP contribution in [0, 0.1) is 18.3 Å². The summed E-state index contributed by atoms with van der Waals surface area (Å²) in [6.07, 6.45) is 3.05. The van der Waals surface area contributed by atoms with Crippen LogP contribution in [0.1, 0.15) is 55.0 Å². The number of benzene rings is 2. The average molecular weight is 575 g/mol. The van der Waals surface area contributed by atoms with Crippen LogP contribution in [0.3, 0.4) is 0 Å². The van der Waals surface area contributed by atoms with Gasteiger partial charge >= 0.3 is 0 Å². The second kappa shape index (κ2) is 9.59. The van der Waals surface area contributed by atoms with Gasteiger partial charge in [0.25, 0.3) is 5.56 Å². The van der Waals surface area contributed by atoms with Gasteiger partial charge in [0.05, 0.1) is 15.7 Å². The van der Waals surface area contributed by atoms with E-state index in [1.54, 1.807) is 7.05 Å².